The van der Waals surface area contributed by atoms with Gasteiger partial charge < -0.3 is 14.8 Å². The Kier molecular flexibility index (Phi) is 8.60. The molecule has 0 bridgehead atoms. The molecule has 0 unspecified atom stereocenters. The summed E-state index contributed by atoms with van der Waals surface area (Å²) in [5.74, 6) is -1.64. The van der Waals surface area contributed by atoms with Crippen molar-refractivity contribution in [2.75, 3.05) is 26.6 Å². The number of carbonyl (C=O) groups is 3. The van der Waals surface area contributed by atoms with Crippen LogP contribution in [0.25, 0.3) is 0 Å². The second-order valence-corrected chi connectivity index (χ2v) is 5.38. The van der Waals surface area contributed by atoms with Crippen LogP contribution in [0.5, 0.6) is 0 Å². The highest BCUT2D eigenvalue weighted by Gasteiger charge is 2.16. The molecule has 9 heteroatoms. The molecule has 0 fully saturated rings. The van der Waals surface area contributed by atoms with Gasteiger partial charge in [-0.05, 0) is 17.7 Å². The zero-order valence-electron chi connectivity index (χ0n) is 15.0. The van der Waals surface area contributed by atoms with Crippen LogP contribution in [0.4, 0.5) is 5.69 Å². The van der Waals surface area contributed by atoms with Gasteiger partial charge in [-0.3, -0.25) is 9.63 Å². The first kappa shape index (κ1) is 21.5. The Labute approximate surface area is 156 Å². The zero-order valence-corrected chi connectivity index (χ0v) is 15.8. The van der Waals surface area contributed by atoms with E-state index in [1.165, 1.54) is 26.4 Å². The Morgan fingerprint density at radius 2 is 1.88 bits per heavy atom. The van der Waals surface area contributed by atoms with Crippen molar-refractivity contribution in [3.8, 4) is 0 Å². The van der Waals surface area contributed by atoms with Gasteiger partial charge in [0.05, 0.1) is 34.0 Å². The van der Waals surface area contributed by atoms with Crippen LogP contribution in [0, 0.1) is 0 Å². The van der Waals surface area contributed by atoms with Crippen LogP contribution in [0.2, 0.25) is 5.02 Å². The minimum atomic E-state index is -0.741. The van der Waals surface area contributed by atoms with Gasteiger partial charge in [0.1, 0.15) is 5.70 Å². The third kappa shape index (κ3) is 6.05. The van der Waals surface area contributed by atoms with Crippen molar-refractivity contribution in [3.63, 3.8) is 0 Å². The highest BCUT2D eigenvalue weighted by Crippen LogP contribution is 2.24. The third-order valence-corrected chi connectivity index (χ3v) is 3.67. The topological polar surface area (TPSA) is 94.2 Å². The summed E-state index contributed by atoms with van der Waals surface area (Å²) in [6, 6.07) is 4.86. The lowest BCUT2D eigenvalue weighted by Crippen LogP contribution is -2.28. The highest BCUT2D eigenvalue weighted by atomic mass is 35.5. The number of amides is 1. The first-order valence-electron chi connectivity index (χ1n) is 7.64. The van der Waals surface area contributed by atoms with E-state index in [0.717, 1.165) is 6.08 Å². The predicted octanol–water partition coefficient (Wildman–Crippen LogP) is 2.28. The maximum absolute atomic E-state index is 11.8. The molecule has 0 spiro atoms. The average molecular weight is 385 g/mol. The van der Waals surface area contributed by atoms with Crippen LogP contribution in [0.15, 0.2) is 30.0 Å². The summed E-state index contributed by atoms with van der Waals surface area (Å²) in [6.45, 7) is 1.90. The Bertz CT molecular complexity index is 704. The van der Waals surface area contributed by atoms with Gasteiger partial charge in [0, 0.05) is 17.1 Å². The second kappa shape index (κ2) is 10.4. The van der Waals surface area contributed by atoms with Crippen molar-refractivity contribution in [1.29, 1.82) is 0 Å². The lowest BCUT2D eigenvalue weighted by Gasteiger charge is -2.20. The molecule has 0 heterocycles. The van der Waals surface area contributed by atoms with Gasteiger partial charge >= 0.3 is 11.9 Å². The molecule has 1 N–H and O–H groups in total. The summed E-state index contributed by atoms with van der Waals surface area (Å²) in [5.41, 5.74) is 0.991. The summed E-state index contributed by atoms with van der Waals surface area (Å²) >= 11 is 6.25. The quantitative estimate of drug-likeness (QED) is 0.417. The fourth-order valence-corrected chi connectivity index (χ4v) is 2.17. The van der Waals surface area contributed by atoms with Crippen LogP contribution in [-0.2, 0) is 35.2 Å². The Morgan fingerprint density at radius 3 is 2.38 bits per heavy atom. The average Bonchev–Trinajstić information content (AvgIpc) is 2.65. The van der Waals surface area contributed by atoms with Crippen molar-refractivity contribution in [2.45, 2.75) is 19.9 Å². The van der Waals surface area contributed by atoms with Gasteiger partial charge in [-0.25, -0.2) is 14.7 Å². The van der Waals surface area contributed by atoms with E-state index in [4.69, 9.17) is 16.4 Å². The van der Waals surface area contributed by atoms with Crippen LogP contribution < -0.4 is 5.32 Å². The number of methoxy groups -OCH3 is 2. The van der Waals surface area contributed by atoms with Gasteiger partial charge in [-0.2, -0.15) is 0 Å². The fourth-order valence-electron chi connectivity index (χ4n) is 1.93. The molecule has 142 valence electrons. The van der Waals surface area contributed by atoms with E-state index < -0.39 is 11.9 Å². The first-order chi connectivity index (χ1) is 12.4. The summed E-state index contributed by atoms with van der Waals surface area (Å²) < 4.78 is 9.12. The number of carbonyl (C=O) groups excluding carboxylic acids is 3. The van der Waals surface area contributed by atoms with Crippen LogP contribution >= 0.6 is 11.6 Å². The number of ether oxygens (including phenoxy) is 2. The molecule has 1 aromatic carbocycles. The smallest absolute Gasteiger partial charge is 0.354 e. The second-order valence-electron chi connectivity index (χ2n) is 4.97. The lowest BCUT2D eigenvalue weighted by atomic mass is 10.2. The van der Waals surface area contributed by atoms with Crippen LogP contribution in [0.1, 0.15) is 18.9 Å². The number of esters is 2. The molecule has 0 aliphatic heterocycles. The molecule has 0 aliphatic rings. The van der Waals surface area contributed by atoms with Crippen molar-refractivity contribution < 1.29 is 28.7 Å². The van der Waals surface area contributed by atoms with E-state index in [9.17, 15) is 14.4 Å². The van der Waals surface area contributed by atoms with E-state index in [1.54, 1.807) is 25.1 Å². The number of nitrogens with zero attached hydrogens (tertiary/aromatic N) is 1. The molecule has 1 rings (SSSR count). The number of nitrogens with one attached hydrogen (secondary N) is 1. The molecule has 8 nitrogen and oxygen atoms in total. The molecule has 0 aromatic heterocycles. The number of hydroxylamine groups is 2. The van der Waals surface area contributed by atoms with E-state index in [1.807, 2.05) is 0 Å². The summed E-state index contributed by atoms with van der Waals surface area (Å²) in [4.78, 5) is 39.9. The monoisotopic (exact) mass is 384 g/mol. The number of anilines is 1. The molecule has 0 saturated heterocycles. The van der Waals surface area contributed by atoms with Gasteiger partial charge in [0.15, 0.2) is 0 Å². The fraction of sp³-hybridized carbons (Fsp3) is 0.353. The molecule has 0 radical (unpaired) electrons. The Hall–Kier alpha value is -2.58. The van der Waals surface area contributed by atoms with Gasteiger partial charge in [-0.1, -0.05) is 24.6 Å². The van der Waals surface area contributed by atoms with E-state index in [0.29, 0.717) is 22.7 Å². The number of hydrogen-bond donors (Lipinski definition) is 1. The van der Waals surface area contributed by atoms with Crippen molar-refractivity contribution in [3.05, 3.63) is 40.6 Å². The summed E-state index contributed by atoms with van der Waals surface area (Å²) in [7, 11) is 3.78. The first-order valence-corrected chi connectivity index (χ1v) is 8.01. The molecule has 0 aliphatic carbocycles. The van der Waals surface area contributed by atoms with Crippen molar-refractivity contribution in [1.82, 2.24) is 5.06 Å². The van der Waals surface area contributed by atoms with Crippen molar-refractivity contribution >= 4 is 35.1 Å². The molecule has 0 saturated carbocycles. The van der Waals surface area contributed by atoms with Crippen LogP contribution in [0.3, 0.4) is 0 Å². The van der Waals surface area contributed by atoms with Crippen molar-refractivity contribution in [2.24, 2.45) is 0 Å². The van der Waals surface area contributed by atoms with Gasteiger partial charge in [0.25, 0.3) is 0 Å². The maximum Gasteiger partial charge on any atom is 0.354 e. The largest absolute Gasteiger partial charge is 0.466 e. The van der Waals surface area contributed by atoms with E-state index >= 15 is 0 Å². The molecule has 0 atom stereocenters. The standard InChI is InChI=1S/C17H21ClN2O6/c1-5-15(21)20(26-4)10-11-6-7-12(8-13(11)18)19-14(17(23)25-3)9-16(22)24-2/h6-9,19H,5,10H2,1-4H3/b14-9-. The van der Waals surface area contributed by atoms with Gasteiger partial charge in [0.2, 0.25) is 5.91 Å². The van der Waals surface area contributed by atoms with Gasteiger partial charge in [-0.15, -0.1) is 0 Å². The normalized spacial score (nSPS) is 10.9. The lowest BCUT2D eigenvalue weighted by molar-refractivity contribution is -0.178. The third-order valence-electron chi connectivity index (χ3n) is 3.32. The Morgan fingerprint density at radius 1 is 1.19 bits per heavy atom. The molecular weight excluding hydrogens is 364 g/mol. The predicted molar refractivity (Wildman–Crippen MR) is 95.0 cm³/mol. The number of benzene rings is 1. The molecule has 1 aromatic rings. The van der Waals surface area contributed by atoms with E-state index in [2.05, 4.69) is 14.8 Å². The minimum Gasteiger partial charge on any atom is -0.466 e. The van der Waals surface area contributed by atoms with E-state index in [-0.39, 0.29) is 18.1 Å². The molecular formula is C17H21ClN2O6. The SMILES string of the molecule is CCC(=O)N(Cc1ccc(N/C(=C\C(=O)OC)C(=O)OC)cc1Cl)OC. The zero-order chi connectivity index (χ0) is 19.7. The Balaban J connectivity index is 3.01. The number of hydrogen-bond acceptors (Lipinski definition) is 7. The maximum atomic E-state index is 11.8. The number of halogens is 1. The summed E-state index contributed by atoms with van der Waals surface area (Å²) in [6.07, 6.45) is 1.27. The summed E-state index contributed by atoms with van der Waals surface area (Å²) in [5, 5.41) is 4.30. The minimum absolute atomic E-state index is 0.108. The highest BCUT2D eigenvalue weighted by molar-refractivity contribution is 6.31. The van der Waals surface area contributed by atoms with Crippen LogP contribution in [-0.4, -0.2) is 44.2 Å². The molecule has 26 heavy (non-hydrogen) atoms. The number of rotatable bonds is 8. The molecule has 1 amide bonds.